The fourth-order valence-electron chi connectivity index (χ4n) is 2.98. The number of tetrazole rings is 1. The number of halogens is 1. The minimum absolute atomic E-state index is 0.0547. The molecule has 4 aromatic rings. The Morgan fingerprint density at radius 2 is 1.63 bits per heavy atom. The first kappa shape index (κ1) is 24.8. The van der Waals surface area contributed by atoms with Gasteiger partial charge in [0.05, 0.1) is 15.6 Å². The average Bonchev–Trinajstić information content (AvgIpc) is 3.24. The third kappa shape index (κ3) is 5.85. The molecular weight excluding hydrogens is 617 g/mol. The van der Waals surface area contributed by atoms with Gasteiger partial charge in [-0.05, 0) is 81.0 Å². The van der Waals surface area contributed by atoms with Crippen molar-refractivity contribution in [2.24, 2.45) is 0 Å². The Bertz CT molecular complexity index is 1450. The molecule has 1 heterocycles. The Morgan fingerprint density at radius 3 is 2.23 bits per heavy atom. The van der Waals surface area contributed by atoms with Crippen molar-refractivity contribution in [2.45, 2.75) is 0 Å². The van der Waals surface area contributed by atoms with Gasteiger partial charge < -0.3 is 8.37 Å². The predicted molar refractivity (Wildman–Crippen MR) is 130 cm³/mol. The summed E-state index contributed by atoms with van der Waals surface area (Å²) in [6.07, 6.45) is 0. The van der Waals surface area contributed by atoms with Crippen molar-refractivity contribution in [3.05, 3.63) is 80.4 Å². The van der Waals surface area contributed by atoms with Crippen LogP contribution < -0.4 is 13.2 Å². The zero-order valence-electron chi connectivity index (χ0n) is 17.1. The van der Waals surface area contributed by atoms with Gasteiger partial charge in [0.15, 0.2) is 11.4 Å². The van der Waals surface area contributed by atoms with Gasteiger partial charge in [-0.15, -0.1) is 0 Å². The summed E-state index contributed by atoms with van der Waals surface area (Å²) in [5.74, 6) is -0.237. The van der Waals surface area contributed by atoms with E-state index in [9.17, 15) is 23.1 Å². The molecule has 2 unspecified atom stereocenters. The summed E-state index contributed by atoms with van der Waals surface area (Å²) < 4.78 is 51.1. The number of benzene rings is 3. The smallest absolute Gasteiger partial charge is 0.357 e. The lowest BCUT2D eigenvalue weighted by molar-refractivity contribution is -0.734. The second kappa shape index (κ2) is 10.5. The largest absolute Gasteiger partial charge is 0.380 e. The van der Waals surface area contributed by atoms with Crippen molar-refractivity contribution in [3.8, 4) is 34.3 Å². The second-order valence-corrected chi connectivity index (χ2v) is 9.06. The van der Waals surface area contributed by atoms with E-state index in [0.717, 1.165) is 9.64 Å². The molecule has 0 spiro atoms. The highest BCUT2D eigenvalue weighted by atomic mass is 127. The van der Waals surface area contributed by atoms with Crippen molar-refractivity contribution >= 4 is 51.0 Å². The minimum Gasteiger partial charge on any atom is -0.380 e. The molecule has 3 aromatic carbocycles. The van der Waals surface area contributed by atoms with Gasteiger partial charge in [0, 0.05) is 26.6 Å². The lowest BCUT2D eigenvalue weighted by Gasteiger charge is -2.06. The van der Waals surface area contributed by atoms with Gasteiger partial charge in [0.25, 0.3) is 5.69 Å². The number of aromatic nitrogens is 4. The van der Waals surface area contributed by atoms with Crippen molar-refractivity contribution in [1.29, 1.82) is 0 Å². The molecule has 13 nitrogen and oxygen atoms in total. The van der Waals surface area contributed by atoms with Crippen LogP contribution >= 0.6 is 22.6 Å². The molecule has 0 bridgehead atoms. The maximum Gasteiger partial charge on any atom is 0.357 e. The molecule has 2 atom stereocenters. The van der Waals surface area contributed by atoms with Crippen LogP contribution in [0.1, 0.15) is 0 Å². The van der Waals surface area contributed by atoms with Gasteiger partial charge in [0.1, 0.15) is 11.4 Å². The molecule has 0 saturated heterocycles. The Kier molecular flexibility index (Phi) is 7.45. The van der Waals surface area contributed by atoms with E-state index in [1.165, 1.54) is 46.0 Å². The maximum atomic E-state index is 11.4. The van der Waals surface area contributed by atoms with Crippen LogP contribution in [0.3, 0.4) is 0 Å². The van der Waals surface area contributed by atoms with E-state index in [1.807, 2.05) is 12.1 Å². The average molecular weight is 630 g/mol. The maximum absolute atomic E-state index is 11.4. The first-order valence-corrected chi connectivity index (χ1v) is 12.5. The molecule has 0 fully saturated rings. The summed E-state index contributed by atoms with van der Waals surface area (Å²) in [5, 5.41) is 20.0. The van der Waals surface area contributed by atoms with Crippen LogP contribution in [-0.2, 0) is 22.7 Å². The van der Waals surface area contributed by atoms with Crippen LogP contribution in [0.25, 0.3) is 22.8 Å². The highest BCUT2D eigenvalue weighted by Gasteiger charge is 2.27. The third-order valence-electron chi connectivity index (χ3n) is 4.43. The van der Waals surface area contributed by atoms with Crippen LogP contribution in [0.2, 0.25) is 0 Å². The number of hydrogen-bond acceptors (Lipinski definition) is 8. The fourth-order valence-corrected chi connectivity index (χ4v) is 3.89. The molecule has 1 aromatic heterocycles. The Balaban J connectivity index is 1.88. The molecule has 0 saturated carbocycles. The van der Waals surface area contributed by atoms with Gasteiger partial charge in [-0.25, -0.2) is 0 Å². The summed E-state index contributed by atoms with van der Waals surface area (Å²) in [5.41, 5.74) is 1.11. The SMILES string of the molecule is O=[N+]([O-])c1ccc(-[n+]2nc(-c3ccc(OS(=O)O)cc3OS(=O)O)nn2-c2ccc(I)cc2)cc1. The molecule has 0 aliphatic heterocycles. The van der Waals surface area contributed by atoms with Crippen LogP contribution in [0.4, 0.5) is 5.69 Å². The number of nitro groups is 1. The number of nitro benzene ring substituents is 1. The zero-order chi connectivity index (χ0) is 25.1. The molecule has 35 heavy (non-hydrogen) atoms. The molecule has 180 valence electrons. The third-order valence-corrected chi connectivity index (χ3v) is 5.81. The summed E-state index contributed by atoms with van der Waals surface area (Å²) in [6, 6.07) is 16.8. The summed E-state index contributed by atoms with van der Waals surface area (Å²) in [6.45, 7) is 0. The van der Waals surface area contributed by atoms with E-state index < -0.39 is 27.6 Å². The van der Waals surface area contributed by atoms with Crippen LogP contribution in [-0.4, -0.2) is 37.4 Å². The summed E-state index contributed by atoms with van der Waals surface area (Å²) in [7, 11) is 0. The summed E-state index contributed by atoms with van der Waals surface area (Å²) >= 11 is -3.21. The van der Waals surface area contributed by atoms with Crippen LogP contribution in [0, 0.1) is 13.7 Å². The predicted octanol–water partition coefficient (Wildman–Crippen LogP) is 2.75. The Labute approximate surface area is 215 Å². The normalized spacial score (nSPS) is 12.7. The van der Waals surface area contributed by atoms with Crippen molar-refractivity contribution in [2.75, 3.05) is 0 Å². The number of rotatable bonds is 8. The van der Waals surface area contributed by atoms with Crippen molar-refractivity contribution in [3.63, 3.8) is 0 Å². The zero-order valence-corrected chi connectivity index (χ0v) is 20.9. The molecule has 0 aliphatic rings. The van der Waals surface area contributed by atoms with Gasteiger partial charge in [-0.3, -0.25) is 19.2 Å². The van der Waals surface area contributed by atoms with Crippen molar-refractivity contribution < 1.29 is 35.6 Å². The van der Waals surface area contributed by atoms with E-state index in [0.29, 0.717) is 11.4 Å². The Hall–Kier alpha value is -3.32. The minimum atomic E-state index is -2.73. The number of non-ortho nitro benzene ring substituents is 1. The first-order valence-electron chi connectivity index (χ1n) is 9.34. The second-order valence-electron chi connectivity index (χ2n) is 6.61. The molecule has 2 N–H and O–H groups in total. The van der Waals surface area contributed by atoms with Gasteiger partial charge in [0.2, 0.25) is 0 Å². The van der Waals surface area contributed by atoms with E-state index in [2.05, 4.69) is 32.8 Å². The Morgan fingerprint density at radius 1 is 0.971 bits per heavy atom. The van der Waals surface area contributed by atoms with Crippen LogP contribution in [0.15, 0.2) is 66.7 Å². The lowest BCUT2D eigenvalue weighted by Crippen LogP contribution is -2.43. The summed E-state index contributed by atoms with van der Waals surface area (Å²) in [4.78, 5) is 13.3. The van der Waals surface area contributed by atoms with Crippen LogP contribution in [0.5, 0.6) is 11.5 Å². The molecular formula is C19H13IN5O8S2+. The molecule has 0 amide bonds. The molecule has 0 radical (unpaired) electrons. The highest BCUT2D eigenvalue weighted by Crippen LogP contribution is 2.32. The highest BCUT2D eigenvalue weighted by molar-refractivity contribution is 14.1. The monoisotopic (exact) mass is 630 g/mol. The lowest BCUT2D eigenvalue weighted by atomic mass is 10.2. The van der Waals surface area contributed by atoms with Gasteiger partial charge >= 0.3 is 28.5 Å². The number of nitrogens with zero attached hydrogens (tertiary/aromatic N) is 5. The molecule has 0 aliphatic carbocycles. The van der Waals surface area contributed by atoms with E-state index in [1.54, 1.807) is 12.1 Å². The van der Waals surface area contributed by atoms with Gasteiger partial charge in [-0.2, -0.15) is 8.42 Å². The van der Waals surface area contributed by atoms with E-state index in [4.69, 9.17) is 12.9 Å². The topological polar surface area (TPSA) is 171 Å². The number of hydrogen-bond donors (Lipinski definition) is 2. The van der Waals surface area contributed by atoms with E-state index in [-0.39, 0.29) is 28.6 Å². The quantitative estimate of drug-likeness (QED) is 0.0970. The standard InChI is InChI=1S/C19H12IN5O8S2/c20-12-1-3-13(4-2-12)23-21-19(22-24(23)14-5-7-15(8-6-14)25(26)27)17-10-9-16(32-34(28)29)11-18(17)33-35(30)31/h1-11H,(H-,28,29,30,31)/p+1. The van der Waals surface area contributed by atoms with Gasteiger partial charge in [-0.1, -0.05) is 0 Å². The molecule has 4 rings (SSSR count). The molecule has 16 heteroatoms. The van der Waals surface area contributed by atoms with E-state index >= 15 is 0 Å². The fraction of sp³-hybridized carbons (Fsp3) is 0. The van der Waals surface area contributed by atoms with Crippen molar-refractivity contribution in [1.82, 2.24) is 15.0 Å². The first-order chi connectivity index (χ1) is 16.7.